The van der Waals surface area contributed by atoms with Crippen molar-refractivity contribution in [1.82, 2.24) is 9.78 Å². The summed E-state index contributed by atoms with van der Waals surface area (Å²) in [5.74, 6) is 1.40. The highest BCUT2D eigenvalue weighted by Gasteiger charge is 2.13. The summed E-state index contributed by atoms with van der Waals surface area (Å²) >= 11 is 0. The van der Waals surface area contributed by atoms with Crippen LogP contribution in [0.1, 0.15) is 17.0 Å². The first kappa shape index (κ1) is 19.0. The molecule has 10 heteroatoms. The van der Waals surface area contributed by atoms with E-state index in [2.05, 4.69) is 10.3 Å². The number of sulfonamides is 1. The van der Waals surface area contributed by atoms with Gasteiger partial charge in [-0.1, -0.05) is 11.2 Å². The van der Waals surface area contributed by atoms with Crippen molar-refractivity contribution >= 4 is 16.2 Å². The predicted molar refractivity (Wildman–Crippen MR) is 105 cm³/mol. The number of aromatic nitrogens is 2. The van der Waals surface area contributed by atoms with Gasteiger partial charge in [-0.25, -0.2) is 18.2 Å². The number of hydrogen-bond donors (Lipinski definition) is 1. The van der Waals surface area contributed by atoms with E-state index in [9.17, 15) is 8.42 Å². The van der Waals surface area contributed by atoms with Crippen LogP contribution in [-0.4, -0.2) is 31.2 Å². The van der Waals surface area contributed by atoms with Crippen LogP contribution >= 0.6 is 0 Å². The van der Waals surface area contributed by atoms with Crippen molar-refractivity contribution in [3.63, 3.8) is 0 Å². The van der Waals surface area contributed by atoms with Gasteiger partial charge in [0.05, 0.1) is 28.2 Å². The third-order valence-electron chi connectivity index (χ3n) is 4.20. The van der Waals surface area contributed by atoms with Gasteiger partial charge < -0.3 is 14.3 Å². The van der Waals surface area contributed by atoms with Crippen LogP contribution in [0.15, 0.2) is 58.6 Å². The normalized spacial score (nSPS) is 13.2. The maximum Gasteiger partial charge on any atom is 0.238 e. The maximum atomic E-state index is 11.4. The summed E-state index contributed by atoms with van der Waals surface area (Å²) in [4.78, 5) is 5.42. The molecule has 9 nitrogen and oxygen atoms in total. The molecule has 150 valence electrons. The lowest BCUT2D eigenvalue weighted by Gasteiger charge is -2.06. The van der Waals surface area contributed by atoms with E-state index in [1.807, 2.05) is 31.2 Å². The molecule has 0 atom stereocenters. The lowest BCUT2D eigenvalue weighted by atomic mass is 10.2. The lowest BCUT2D eigenvalue weighted by Crippen LogP contribution is -2.12. The highest BCUT2D eigenvalue weighted by atomic mass is 32.2. The summed E-state index contributed by atoms with van der Waals surface area (Å²) in [7, 11) is -3.75. The van der Waals surface area contributed by atoms with Crippen molar-refractivity contribution in [3.05, 3.63) is 65.5 Å². The molecule has 4 rings (SSSR count). The van der Waals surface area contributed by atoms with Crippen molar-refractivity contribution in [2.75, 3.05) is 6.79 Å². The second-order valence-corrected chi connectivity index (χ2v) is 7.92. The molecule has 0 saturated carbocycles. The smallest absolute Gasteiger partial charge is 0.238 e. The molecule has 1 aliphatic heterocycles. The lowest BCUT2D eigenvalue weighted by molar-refractivity contribution is 0.132. The van der Waals surface area contributed by atoms with Gasteiger partial charge in [0.25, 0.3) is 0 Å². The Balaban J connectivity index is 1.47. The number of fused-ring (bicyclic) bond motifs is 1. The van der Waals surface area contributed by atoms with E-state index >= 15 is 0 Å². The van der Waals surface area contributed by atoms with Gasteiger partial charge >= 0.3 is 0 Å². The third-order valence-corrected chi connectivity index (χ3v) is 5.13. The number of rotatable bonds is 6. The van der Waals surface area contributed by atoms with E-state index in [0.29, 0.717) is 22.9 Å². The van der Waals surface area contributed by atoms with E-state index in [0.717, 1.165) is 11.3 Å². The highest BCUT2D eigenvalue weighted by molar-refractivity contribution is 7.89. The minimum absolute atomic E-state index is 0.0346. The fourth-order valence-corrected chi connectivity index (χ4v) is 3.34. The zero-order chi connectivity index (χ0) is 20.4. The number of benzene rings is 2. The highest BCUT2D eigenvalue weighted by Crippen LogP contribution is 2.32. The molecule has 0 aliphatic carbocycles. The van der Waals surface area contributed by atoms with Crippen molar-refractivity contribution in [3.8, 4) is 17.2 Å². The molecule has 2 heterocycles. The van der Waals surface area contributed by atoms with Crippen LogP contribution in [0, 0.1) is 6.92 Å². The summed E-state index contributed by atoms with van der Waals surface area (Å²) in [6.45, 7) is 2.34. The Morgan fingerprint density at radius 2 is 1.93 bits per heavy atom. The van der Waals surface area contributed by atoms with Gasteiger partial charge in [-0.3, -0.25) is 0 Å². The largest absolute Gasteiger partial charge is 0.454 e. The zero-order valence-electron chi connectivity index (χ0n) is 15.5. The van der Waals surface area contributed by atoms with Gasteiger partial charge in [0.15, 0.2) is 11.5 Å². The van der Waals surface area contributed by atoms with Crippen molar-refractivity contribution in [2.45, 2.75) is 18.4 Å². The number of oxime groups is 1. The molecule has 29 heavy (non-hydrogen) atoms. The summed E-state index contributed by atoms with van der Waals surface area (Å²) < 4.78 is 35.1. The molecule has 0 bridgehead atoms. The van der Waals surface area contributed by atoms with Gasteiger partial charge in [0, 0.05) is 0 Å². The van der Waals surface area contributed by atoms with Gasteiger partial charge in [-0.15, -0.1) is 0 Å². The third kappa shape index (κ3) is 4.23. The summed E-state index contributed by atoms with van der Waals surface area (Å²) in [5.41, 5.74) is 3.02. The maximum absolute atomic E-state index is 11.4. The van der Waals surface area contributed by atoms with Crippen molar-refractivity contribution < 1.29 is 22.7 Å². The van der Waals surface area contributed by atoms with Gasteiger partial charge in [-0.05, 0) is 55.0 Å². The molecule has 0 unspecified atom stereocenters. The number of nitrogens with two attached hydrogens (primary N) is 1. The predicted octanol–water partition coefficient (Wildman–Crippen LogP) is 2.11. The van der Waals surface area contributed by atoms with E-state index in [-0.39, 0.29) is 18.3 Å². The molecule has 2 N–H and O–H groups in total. The van der Waals surface area contributed by atoms with Crippen LogP contribution in [0.3, 0.4) is 0 Å². The molecule has 0 saturated heterocycles. The summed E-state index contributed by atoms with van der Waals surface area (Å²) in [6.07, 6.45) is 1.54. The SMILES string of the molecule is Cc1cc(/C=N/OCc2ccc3c(c2)OCO3)n(-c2ccc(S(N)(=O)=O)cc2)n1. The minimum atomic E-state index is -3.75. The van der Waals surface area contributed by atoms with Crippen LogP contribution < -0.4 is 14.6 Å². The van der Waals surface area contributed by atoms with Crippen LogP contribution in [0.2, 0.25) is 0 Å². The first-order valence-corrected chi connectivity index (χ1v) is 10.2. The Morgan fingerprint density at radius 1 is 1.17 bits per heavy atom. The topological polar surface area (TPSA) is 118 Å². The van der Waals surface area contributed by atoms with E-state index in [1.54, 1.807) is 23.0 Å². The van der Waals surface area contributed by atoms with Crippen LogP contribution in [0.25, 0.3) is 5.69 Å². The van der Waals surface area contributed by atoms with E-state index < -0.39 is 10.0 Å². The fourth-order valence-electron chi connectivity index (χ4n) is 2.83. The summed E-state index contributed by atoms with van der Waals surface area (Å²) in [6, 6.07) is 13.5. The Labute approximate surface area is 167 Å². The number of primary sulfonamides is 1. The summed E-state index contributed by atoms with van der Waals surface area (Å²) in [5, 5.41) is 13.6. The molecule has 3 aromatic rings. The molecule has 1 aliphatic rings. The molecule has 2 aromatic carbocycles. The first-order valence-electron chi connectivity index (χ1n) is 8.64. The quantitative estimate of drug-likeness (QED) is 0.487. The minimum Gasteiger partial charge on any atom is -0.454 e. The Morgan fingerprint density at radius 3 is 2.69 bits per heavy atom. The Hall–Kier alpha value is -3.37. The molecular formula is C19H18N4O5S. The molecule has 0 fully saturated rings. The van der Waals surface area contributed by atoms with Crippen LogP contribution in [0.4, 0.5) is 0 Å². The van der Waals surface area contributed by atoms with E-state index in [1.165, 1.54) is 12.1 Å². The molecular weight excluding hydrogens is 396 g/mol. The Kier molecular flexibility index (Phi) is 4.95. The molecule has 0 spiro atoms. The molecule has 0 amide bonds. The average molecular weight is 414 g/mol. The van der Waals surface area contributed by atoms with Gasteiger partial charge in [-0.2, -0.15) is 5.10 Å². The van der Waals surface area contributed by atoms with Crippen LogP contribution in [-0.2, 0) is 21.5 Å². The average Bonchev–Trinajstić information content (AvgIpc) is 3.30. The second kappa shape index (κ2) is 7.57. The second-order valence-electron chi connectivity index (χ2n) is 6.36. The van der Waals surface area contributed by atoms with Crippen LogP contribution in [0.5, 0.6) is 11.5 Å². The zero-order valence-corrected chi connectivity index (χ0v) is 16.3. The monoisotopic (exact) mass is 414 g/mol. The van der Waals surface area contributed by atoms with Crippen molar-refractivity contribution in [2.24, 2.45) is 10.3 Å². The standard InChI is InChI=1S/C19H18N4O5S/c1-13-8-16(23(22-13)15-3-5-17(6-4-15)29(20,24)25)10-21-28-11-14-2-7-18-19(9-14)27-12-26-18/h2-10H,11-12H2,1H3,(H2,20,24,25)/b21-10+. The first-order chi connectivity index (χ1) is 13.9. The molecule has 1 aromatic heterocycles. The number of aryl methyl sites for hydroxylation is 1. The van der Waals surface area contributed by atoms with Crippen molar-refractivity contribution in [1.29, 1.82) is 0 Å². The molecule has 0 radical (unpaired) electrons. The van der Waals surface area contributed by atoms with Gasteiger partial charge in [0.2, 0.25) is 16.8 Å². The fraction of sp³-hybridized carbons (Fsp3) is 0.158. The number of ether oxygens (including phenoxy) is 2. The number of hydrogen-bond acceptors (Lipinski definition) is 7. The van der Waals surface area contributed by atoms with Gasteiger partial charge in [0.1, 0.15) is 6.61 Å². The number of nitrogens with zero attached hydrogens (tertiary/aromatic N) is 3. The van der Waals surface area contributed by atoms with E-state index in [4.69, 9.17) is 19.5 Å². The Bertz CT molecular complexity index is 1170.